The molecule has 1 unspecified atom stereocenters. The van der Waals surface area contributed by atoms with E-state index in [1.165, 1.54) is 7.11 Å². The van der Waals surface area contributed by atoms with Gasteiger partial charge in [0.1, 0.15) is 5.54 Å². The number of nitrogens with one attached hydrogen (secondary N) is 1. The number of hydrogen-bond acceptors (Lipinski definition) is 3. The highest BCUT2D eigenvalue weighted by atomic mass is 19.3. The minimum absolute atomic E-state index is 0.0159. The zero-order valence-electron chi connectivity index (χ0n) is 7.49. The fourth-order valence-corrected chi connectivity index (χ4v) is 1.36. The van der Waals surface area contributed by atoms with E-state index in [4.69, 9.17) is 0 Å². The molecule has 1 heterocycles. The fraction of sp³-hybridized carbons (Fsp3) is 0.625. The van der Waals surface area contributed by atoms with Gasteiger partial charge in [0.25, 0.3) is 6.08 Å². The number of methoxy groups -OCH3 is 1. The van der Waals surface area contributed by atoms with Gasteiger partial charge in [0.2, 0.25) is 0 Å². The van der Waals surface area contributed by atoms with Crippen LogP contribution >= 0.6 is 0 Å². The minimum atomic E-state index is -1.71. The van der Waals surface area contributed by atoms with Gasteiger partial charge in [0, 0.05) is 18.5 Å². The number of hydrogen-bond donors (Lipinski definition) is 1. The van der Waals surface area contributed by atoms with Gasteiger partial charge >= 0.3 is 5.97 Å². The van der Waals surface area contributed by atoms with E-state index in [0.29, 0.717) is 0 Å². The van der Waals surface area contributed by atoms with Crippen LogP contribution < -0.4 is 5.32 Å². The largest absolute Gasteiger partial charge is 0.468 e. The Bertz CT molecular complexity index is 261. The van der Waals surface area contributed by atoms with E-state index in [1.54, 1.807) is 6.92 Å². The van der Waals surface area contributed by atoms with Crippen LogP contribution in [0.5, 0.6) is 0 Å². The number of halogens is 2. The molecule has 0 spiro atoms. The number of ether oxygens (including phenoxy) is 1. The third-order valence-corrected chi connectivity index (χ3v) is 2.16. The molecular weight excluding hydrogens is 180 g/mol. The molecule has 0 bridgehead atoms. The van der Waals surface area contributed by atoms with Crippen molar-refractivity contribution in [3.05, 3.63) is 11.7 Å². The predicted octanol–water partition coefficient (Wildman–Crippen LogP) is 1.06. The molecule has 1 aliphatic heterocycles. The third-order valence-electron chi connectivity index (χ3n) is 2.16. The molecule has 0 aromatic carbocycles. The zero-order valence-corrected chi connectivity index (χ0v) is 7.49. The van der Waals surface area contributed by atoms with E-state index >= 15 is 0 Å². The van der Waals surface area contributed by atoms with Gasteiger partial charge in [0.05, 0.1) is 7.11 Å². The first-order valence-corrected chi connectivity index (χ1v) is 3.86. The highest BCUT2D eigenvalue weighted by Crippen LogP contribution is 2.27. The number of rotatable bonds is 1. The minimum Gasteiger partial charge on any atom is -0.468 e. The first-order valence-electron chi connectivity index (χ1n) is 3.86. The Kier molecular flexibility index (Phi) is 2.66. The topological polar surface area (TPSA) is 38.3 Å². The Labute approximate surface area is 74.8 Å². The molecule has 0 radical (unpaired) electrons. The van der Waals surface area contributed by atoms with E-state index in [-0.39, 0.29) is 18.5 Å². The first kappa shape index (κ1) is 10.1. The van der Waals surface area contributed by atoms with E-state index in [9.17, 15) is 13.6 Å². The molecular formula is C8H11F2NO2. The van der Waals surface area contributed by atoms with Crippen LogP contribution in [-0.2, 0) is 9.53 Å². The molecule has 5 heteroatoms. The van der Waals surface area contributed by atoms with Crippen molar-refractivity contribution in [2.24, 2.45) is 0 Å². The second-order valence-corrected chi connectivity index (χ2v) is 3.22. The molecule has 74 valence electrons. The highest BCUT2D eigenvalue weighted by molar-refractivity contribution is 5.81. The van der Waals surface area contributed by atoms with Crippen molar-refractivity contribution in [1.29, 1.82) is 0 Å². The molecule has 1 aliphatic rings. The van der Waals surface area contributed by atoms with Gasteiger partial charge in [-0.15, -0.1) is 0 Å². The lowest BCUT2D eigenvalue weighted by molar-refractivity contribution is -0.147. The van der Waals surface area contributed by atoms with Gasteiger partial charge in [-0.1, -0.05) is 0 Å². The molecule has 0 aliphatic carbocycles. The maximum Gasteiger partial charge on any atom is 0.326 e. The lowest BCUT2D eigenvalue weighted by Crippen LogP contribution is -2.45. The molecule has 1 rings (SSSR count). The summed E-state index contributed by atoms with van der Waals surface area (Å²) in [7, 11) is 1.24. The Morgan fingerprint density at radius 3 is 2.62 bits per heavy atom. The van der Waals surface area contributed by atoms with Crippen LogP contribution in [0.25, 0.3) is 0 Å². The fourth-order valence-electron chi connectivity index (χ4n) is 1.36. The van der Waals surface area contributed by atoms with E-state index < -0.39 is 17.6 Å². The van der Waals surface area contributed by atoms with Gasteiger partial charge in [-0.05, 0) is 6.92 Å². The van der Waals surface area contributed by atoms with Crippen molar-refractivity contribution < 1.29 is 18.3 Å². The summed E-state index contributed by atoms with van der Waals surface area (Å²) in [6.45, 7) is 1.60. The summed E-state index contributed by atoms with van der Waals surface area (Å²) in [6.07, 6.45) is -1.69. The summed E-state index contributed by atoms with van der Waals surface area (Å²) in [5.41, 5.74) is -1.01. The van der Waals surface area contributed by atoms with E-state index in [0.717, 1.165) is 0 Å². The molecule has 0 aromatic heterocycles. The van der Waals surface area contributed by atoms with Crippen molar-refractivity contribution in [1.82, 2.24) is 5.32 Å². The lowest BCUT2D eigenvalue weighted by atomic mass is 9.99. The summed E-state index contributed by atoms with van der Waals surface area (Å²) < 4.78 is 28.8. The van der Waals surface area contributed by atoms with Crippen LogP contribution in [0.2, 0.25) is 0 Å². The lowest BCUT2D eigenvalue weighted by Gasteiger charge is -2.19. The number of esters is 1. The highest BCUT2D eigenvalue weighted by Gasteiger charge is 2.40. The number of carbonyl (C=O) groups is 1. The van der Waals surface area contributed by atoms with Crippen molar-refractivity contribution in [2.75, 3.05) is 13.7 Å². The normalized spacial score (nSPS) is 27.5. The summed E-state index contributed by atoms with van der Waals surface area (Å²) in [5.74, 6) is -0.510. The van der Waals surface area contributed by atoms with Gasteiger partial charge in [0.15, 0.2) is 0 Å². The Morgan fingerprint density at radius 2 is 2.23 bits per heavy atom. The predicted molar refractivity (Wildman–Crippen MR) is 42.3 cm³/mol. The smallest absolute Gasteiger partial charge is 0.326 e. The van der Waals surface area contributed by atoms with Gasteiger partial charge in [-0.2, -0.15) is 8.78 Å². The van der Waals surface area contributed by atoms with Crippen molar-refractivity contribution >= 4 is 5.97 Å². The zero-order chi connectivity index (χ0) is 10.1. The monoisotopic (exact) mass is 191 g/mol. The maximum atomic E-state index is 12.1. The summed E-state index contributed by atoms with van der Waals surface area (Å²) in [4.78, 5) is 11.2. The summed E-state index contributed by atoms with van der Waals surface area (Å²) in [6, 6.07) is 0. The molecule has 0 aromatic rings. The molecule has 1 atom stereocenters. The molecule has 1 fully saturated rings. The number of carbonyl (C=O) groups excluding carboxylic acids is 1. The summed E-state index contributed by atoms with van der Waals surface area (Å²) in [5, 5.41) is 2.70. The van der Waals surface area contributed by atoms with Crippen molar-refractivity contribution in [2.45, 2.75) is 18.9 Å². The molecule has 13 heavy (non-hydrogen) atoms. The average Bonchev–Trinajstić information content (AvgIpc) is 2.48. The second kappa shape index (κ2) is 3.41. The molecule has 3 nitrogen and oxygen atoms in total. The second-order valence-electron chi connectivity index (χ2n) is 3.22. The first-order chi connectivity index (χ1) is 5.99. The van der Waals surface area contributed by atoms with Gasteiger partial charge in [-0.25, -0.2) is 0 Å². The quantitative estimate of drug-likeness (QED) is 0.630. The van der Waals surface area contributed by atoms with Gasteiger partial charge < -0.3 is 4.74 Å². The van der Waals surface area contributed by atoms with Crippen molar-refractivity contribution in [3.63, 3.8) is 0 Å². The maximum absolute atomic E-state index is 12.1. The molecule has 0 amide bonds. The Morgan fingerprint density at radius 1 is 1.62 bits per heavy atom. The van der Waals surface area contributed by atoms with Crippen LogP contribution in [0.4, 0.5) is 8.78 Å². The van der Waals surface area contributed by atoms with Crippen LogP contribution in [0.15, 0.2) is 11.7 Å². The van der Waals surface area contributed by atoms with Crippen LogP contribution in [-0.4, -0.2) is 25.2 Å². The van der Waals surface area contributed by atoms with E-state index in [1.807, 2.05) is 0 Å². The van der Waals surface area contributed by atoms with Crippen LogP contribution in [0.3, 0.4) is 0 Å². The average molecular weight is 191 g/mol. The molecule has 1 N–H and O–H groups in total. The Balaban J connectivity index is 2.78. The molecule has 0 saturated carbocycles. The van der Waals surface area contributed by atoms with Crippen LogP contribution in [0.1, 0.15) is 13.3 Å². The van der Waals surface area contributed by atoms with Gasteiger partial charge in [-0.3, -0.25) is 10.1 Å². The van der Waals surface area contributed by atoms with E-state index in [2.05, 4.69) is 10.1 Å². The Hall–Kier alpha value is -0.970. The molecule has 1 saturated heterocycles. The summed E-state index contributed by atoms with van der Waals surface area (Å²) >= 11 is 0. The standard InChI is InChI=1S/C8H11F2NO2/c1-8(7(12)13-2)3-5(4-11-8)6(9)10/h11H,3-4H2,1-2H3. The third kappa shape index (κ3) is 1.85. The van der Waals surface area contributed by atoms with Crippen LogP contribution in [0, 0.1) is 0 Å². The SMILES string of the molecule is COC(=O)C1(C)CC(=C(F)F)CN1. The van der Waals surface area contributed by atoms with Crippen molar-refractivity contribution in [3.8, 4) is 0 Å².